The molecule has 6 nitrogen and oxygen atoms in total. The molecule has 0 spiro atoms. The van der Waals surface area contributed by atoms with Crippen molar-refractivity contribution in [3.8, 4) is 0 Å². The van der Waals surface area contributed by atoms with Gasteiger partial charge in [0, 0.05) is 0 Å². The van der Waals surface area contributed by atoms with E-state index in [0.29, 0.717) is 11.5 Å². The van der Waals surface area contributed by atoms with Crippen LogP contribution in [-0.2, 0) is 0 Å². The van der Waals surface area contributed by atoms with E-state index in [4.69, 9.17) is 0 Å². The Morgan fingerprint density at radius 2 is 1.76 bits per heavy atom. The van der Waals surface area contributed by atoms with Gasteiger partial charge >= 0.3 is 0 Å². The SMILES string of the molecule is Cc1ccc([C@H](C)n2[nH]c(=O)c3c(=O)[nH]c(C)nc32)cc1. The van der Waals surface area contributed by atoms with Crippen LogP contribution in [0.5, 0.6) is 0 Å². The van der Waals surface area contributed by atoms with Gasteiger partial charge in [-0.1, -0.05) is 29.8 Å². The minimum absolute atomic E-state index is 0.0690. The van der Waals surface area contributed by atoms with Crippen LogP contribution in [0.25, 0.3) is 11.0 Å². The second-order valence-electron chi connectivity index (χ2n) is 5.25. The molecule has 0 aliphatic rings. The maximum absolute atomic E-state index is 12.0. The molecule has 0 bridgehead atoms. The van der Waals surface area contributed by atoms with E-state index in [1.54, 1.807) is 11.6 Å². The van der Waals surface area contributed by atoms with Crippen LogP contribution in [-0.4, -0.2) is 19.7 Å². The molecule has 0 saturated heterocycles. The van der Waals surface area contributed by atoms with Gasteiger partial charge in [-0.2, -0.15) is 0 Å². The first-order valence-corrected chi connectivity index (χ1v) is 6.75. The smallest absolute Gasteiger partial charge is 0.279 e. The molecule has 0 unspecified atom stereocenters. The summed E-state index contributed by atoms with van der Waals surface area (Å²) in [7, 11) is 0. The summed E-state index contributed by atoms with van der Waals surface area (Å²) in [5.74, 6) is 0.483. The van der Waals surface area contributed by atoms with E-state index in [0.717, 1.165) is 5.56 Å². The molecule has 1 aromatic carbocycles. The van der Waals surface area contributed by atoms with Crippen molar-refractivity contribution in [1.29, 1.82) is 0 Å². The van der Waals surface area contributed by atoms with Crippen LogP contribution in [0, 0.1) is 13.8 Å². The van der Waals surface area contributed by atoms with Gasteiger partial charge in [-0.15, -0.1) is 0 Å². The van der Waals surface area contributed by atoms with E-state index in [-0.39, 0.29) is 11.4 Å². The highest BCUT2D eigenvalue weighted by Crippen LogP contribution is 2.19. The van der Waals surface area contributed by atoms with Crippen LogP contribution < -0.4 is 11.1 Å². The zero-order valence-corrected chi connectivity index (χ0v) is 12.1. The van der Waals surface area contributed by atoms with Gasteiger partial charge < -0.3 is 4.98 Å². The maximum Gasteiger partial charge on any atom is 0.279 e. The molecule has 0 fully saturated rings. The number of hydrogen-bond acceptors (Lipinski definition) is 3. The number of rotatable bonds is 2. The Morgan fingerprint density at radius 1 is 1.10 bits per heavy atom. The lowest BCUT2D eigenvalue weighted by Crippen LogP contribution is -2.15. The monoisotopic (exact) mass is 284 g/mol. The van der Waals surface area contributed by atoms with Crippen LogP contribution >= 0.6 is 0 Å². The van der Waals surface area contributed by atoms with Gasteiger partial charge in [0.2, 0.25) is 0 Å². The molecule has 0 aliphatic carbocycles. The second-order valence-corrected chi connectivity index (χ2v) is 5.25. The molecule has 108 valence electrons. The molecule has 0 amide bonds. The fraction of sp³-hybridized carbons (Fsp3) is 0.267. The average molecular weight is 284 g/mol. The van der Waals surface area contributed by atoms with Gasteiger partial charge in [-0.25, -0.2) is 4.98 Å². The normalized spacial score (nSPS) is 12.7. The number of nitrogens with one attached hydrogen (secondary N) is 2. The number of aromatic amines is 2. The van der Waals surface area contributed by atoms with Crippen LogP contribution in [0.15, 0.2) is 33.9 Å². The van der Waals surface area contributed by atoms with E-state index in [1.165, 1.54) is 5.56 Å². The van der Waals surface area contributed by atoms with E-state index in [2.05, 4.69) is 15.1 Å². The third kappa shape index (κ3) is 2.18. The molecule has 3 aromatic rings. The van der Waals surface area contributed by atoms with Crippen LogP contribution in [0.1, 0.15) is 29.9 Å². The van der Waals surface area contributed by atoms with Crippen molar-refractivity contribution in [1.82, 2.24) is 19.7 Å². The first-order valence-electron chi connectivity index (χ1n) is 6.75. The summed E-state index contributed by atoms with van der Waals surface area (Å²) in [6.45, 7) is 5.67. The van der Waals surface area contributed by atoms with Crippen molar-refractivity contribution >= 4 is 11.0 Å². The molecule has 0 aliphatic heterocycles. The number of fused-ring (bicyclic) bond motifs is 1. The highest BCUT2D eigenvalue weighted by Gasteiger charge is 2.17. The summed E-state index contributed by atoms with van der Waals surface area (Å²) >= 11 is 0. The Balaban J connectivity index is 2.23. The Hall–Kier alpha value is -2.63. The molecular formula is C15H16N4O2. The molecule has 2 aromatic heterocycles. The first kappa shape index (κ1) is 13.4. The molecular weight excluding hydrogens is 268 g/mol. The molecule has 3 rings (SSSR count). The molecule has 2 N–H and O–H groups in total. The van der Waals surface area contributed by atoms with E-state index < -0.39 is 11.1 Å². The molecule has 21 heavy (non-hydrogen) atoms. The van der Waals surface area contributed by atoms with Crippen molar-refractivity contribution in [3.05, 3.63) is 61.9 Å². The maximum atomic E-state index is 12.0. The zero-order chi connectivity index (χ0) is 15.1. The standard InChI is InChI=1S/C15H16N4O2/c1-8-4-6-11(7-5-8)9(2)19-13-12(15(21)18-19)14(20)17-10(3)16-13/h4-7,9H,1-3H3,(H,18,21)(H,16,17,20)/t9-/m0/s1. The molecule has 1 atom stereocenters. The van der Waals surface area contributed by atoms with E-state index in [9.17, 15) is 9.59 Å². The van der Waals surface area contributed by atoms with Gasteiger partial charge in [0.15, 0.2) is 11.0 Å². The number of aryl methyl sites for hydroxylation is 2. The summed E-state index contributed by atoms with van der Waals surface area (Å²) in [5, 5.41) is 2.78. The lowest BCUT2D eigenvalue weighted by molar-refractivity contribution is 0.573. The number of aromatic nitrogens is 4. The van der Waals surface area contributed by atoms with E-state index in [1.807, 2.05) is 38.1 Å². The van der Waals surface area contributed by atoms with Crippen LogP contribution in [0.4, 0.5) is 0 Å². The van der Waals surface area contributed by atoms with Crippen molar-refractivity contribution < 1.29 is 0 Å². The summed E-state index contributed by atoms with van der Waals surface area (Å²) in [5.41, 5.74) is 1.76. The Morgan fingerprint density at radius 3 is 2.43 bits per heavy atom. The third-order valence-electron chi connectivity index (χ3n) is 3.64. The summed E-state index contributed by atoms with van der Waals surface area (Å²) in [6, 6.07) is 7.92. The Kier molecular flexibility index (Phi) is 3.01. The van der Waals surface area contributed by atoms with Gasteiger partial charge in [0.1, 0.15) is 5.82 Å². The minimum atomic E-state index is -0.419. The second kappa shape index (κ2) is 4.73. The molecule has 0 saturated carbocycles. The Labute approximate surface area is 120 Å². The molecule has 0 radical (unpaired) electrons. The predicted octanol–water partition coefficient (Wildman–Crippen LogP) is 1.64. The predicted molar refractivity (Wildman–Crippen MR) is 80.7 cm³/mol. The lowest BCUT2D eigenvalue weighted by atomic mass is 10.1. The average Bonchev–Trinajstić information content (AvgIpc) is 2.76. The first-order chi connectivity index (χ1) is 9.97. The Bertz CT molecular complexity index is 915. The zero-order valence-electron chi connectivity index (χ0n) is 12.1. The minimum Gasteiger partial charge on any atom is -0.310 e. The fourth-order valence-corrected chi connectivity index (χ4v) is 2.44. The van der Waals surface area contributed by atoms with E-state index >= 15 is 0 Å². The van der Waals surface area contributed by atoms with Crippen molar-refractivity contribution in [2.45, 2.75) is 26.8 Å². The molecule has 2 heterocycles. The number of hydrogen-bond donors (Lipinski definition) is 2. The lowest BCUT2D eigenvalue weighted by Gasteiger charge is -2.14. The molecule has 6 heteroatoms. The van der Waals surface area contributed by atoms with Crippen molar-refractivity contribution in [2.24, 2.45) is 0 Å². The number of benzene rings is 1. The third-order valence-corrected chi connectivity index (χ3v) is 3.64. The topological polar surface area (TPSA) is 83.5 Å². The van der Waals surface area contributed by atoms with Crippen molar-refractivity contribution in [3.63, 3.8) is 0 Å². The fourth-order valence-electron chi connectivity index (χ4n) is 2.44. The summed E-state index contributed by atoms with van der Waals surface area (Å²) < 4.78 is 1.64. The van der Waals surface area contributed by atoms with Crippen LogP contribution in [0.3, 0.4) is 0 Å². The highest BCUT2D eigenvalue weighted by molar-refractivity contribution is 5.73. The van der Waals surface area contributed by atoms with Crippen LogP contribution in [0.2, 0.25) is 0 Å². The number of H-pyrrole nitrogens is 2. The van der Waals surface area contributed by atoms with Gasteiger partial charge in [0.25, 0.3) is 11.1 Å². The van der Waals surface area contributed by atoms with Gasteiger partial charge in [0.05, 0.1) is 6.04 Å². The largest absolute Gasteiger partial charge is 0.310 e. The summed E-state index contributed by atoms with van der Waals surface area (Å²) in [4.78, 5) is 30.7. The van der Waals surface area contributed by atoms with Gasteiger partial charge in [-0.3, -0.25) is 19.4 Å². The quantitative estimate of drug-likeness (QED) is 0.750. The van der Waals surface area contributed by atoms with Crippen molar-refractivity contribution in [2.75, 3.05) is 0 Å². The summed E-state index contributed by atoms with van der Waals surface area (Å²) in [6.07, 6.45) is 0. The van der Waals surface area contributed by atoms with Gasteiger partial charge in [-0.05, 0) is 26.3 Å². The number of nitrogens with zero attached hydrogens (tertiary/aromatic N) is 2. The highest BCUT2D eigenvalue weighted by atomic mass is 16.1.